The molecule has 0 saturated carbocycles. The van der Waals surface area contributed by atoms with Crippen molar-refractivity contribution in [2.75, 3.05) is 13.1 Å². The molecule has 80 valence electrons. The van der Waals surface area contributed by atoms with Gasteiger partial charge in [0.1, 0.15) is 5.78 Å². The van der Waals surface area contributed by atoms with E-state index in [0.717, 1.165) is 25.8 Å². The highest BCUT2D eigenvalue weighted by Crippen LogP contribution is 2.20. The third-order valence-corrected chi connectivity index (χ3v) is 3.16. The zero-order valence-corrected chi connectivity index (χ0v) is 9.81. The smallest absolute Gasteiger partial charge is 0.146 e. The number of nitrogens with zero attached hydrogens (tertiary/aromatic N) is 1. The predicted octanol–water partition coefficient (Wildman–Crippen LogP) is 2.75. The first kappa shape index (κ1) is 12.0. The van der Waals surface area contributed by atoms with Crippen molar-refractivity contribution in [3.63, 3.8) is 0 Å². The van der Waals surface area contributed by atoms with Crippen molar-refractivity contribution in [3.05, 3.63) is 10.6 Å². The number of ketones is 1. The number of piperidine rings is 1. The minimum Gasteiger partial charge on any atom is -0.298 e. The van der Waals surface area contributed by atoms with Crippen LogP contribution in [0.15, 0.2) is 10.6 Å². The number of halogens is 2. The maximum Gasteiger partial charge on any atom is 0.146 e. The lowest BCUT2D eigenvalue weighted by atomic mass is 9.99. The summed E-state index contributed by atoms with van der Waals surface area (Å²) in [5.74, 6) is 0.226. The van der Waals surface area contributed by atoms with Gasteiger partial charge in [-0.3, -0.25) is 9.69 Å². The van der Waals surface area contributed by atoms with Gasteiger partial charge < -0.3 is 0 Å². The Morgan fingerprint density at radius 2 is 2.29 bits per heavy atom. The third-order valence-electron chi connectivity index (χ3n) is 2.56. The minimum atomic E-state index is 0.0362. The molecular formula is C10H15Cl2NO. The van der Waals surface area contributed by atoms with Crippen molar-refractivity contribution in [2.24, 2.45) is 0 Å². The monoisotopic (exact) mass is 235 g/mol. The van der Waals surface area contributed by atoms with Crippen LogP contribution in [0.3, 0.4) is 0 Å². The van der Waals surface area contributed by atoms with Gasteiger partial charge in [0.15, 0.2) is 0 Å². The van der Waals surface area contributed by atoms with E-state index in [0.29, 0.717) is 11.6 Å². The molecule has 0 N–H and O–H groups in total. The Hall–Kier alpha value is -0.0500. The fourth-order valence-corrected chi connectivity index (χ4v) is 2.09. The number of likely N-dealkylation sites (tertiary alicyclic amines) is 1. The average Bonchev–Trinajstić information content (AvgIpc) is 2.18. The summed E-state index contributed by atoms with van der Waals surface area (Å²) < 4.78 is 0. The molecular weight excluding hydrogens is 221 g/mol. The van der Waals surface area contributed by atoms with Crippen LogP contribution in [0.2, 0.25) is 0 Å². The molecule has 1 unspecified atom stereocenters. The second kappa shape index (κ2) is 5.74. The Labute approximate surface area is 94.9 Å². The van der Waals surface area contributed by atoms with E-state index < -0.39 is 0 Å². The summed E-state index contributed by atoms with van der Waals surface area (Å²) in [6.45, 7) is 3.17. The van der Waals surface area contributed by atoms with Gasteiger partial charge in [0.25, 0.3) is 0 Å². The minimum absolute atomic E-state index is 0.0362. The summed E-state index contributed by atoms with van der Waals surface area (Å²) in [7, 11) is 0. The Kier molecular flexibility index (Phi) is 4.93. The highest BCUT2D eigenvalue weighted by Gasteiger charge is 2.25. The van der Waals surface area contributed by atoms with Gasteiger partial charge in [-0.1, -0.05) is 29.6 Å². The maximum atomic E-state index is 11.3. The molecule has 1 atom stereocenters. The van der Waals surface area contributed by atoms with E-state index in [1.807, 2.05) is 0 Å². The molecule has 0 radical (unpaired) electrons. The predicted molar refractivity (Wildman–Crippen MR) is 59.7 cm³/mol. The van der Waals surface area contributed by atoms with Gasteiger partial charge in [0, 0.05) is 17.1 Å². The summed E-state index contributed by atoms with van der Waals surface area (Å²) in [6, 6.07) is 0.0362. The lowest BCUT2D eigenvalue weighted by molar-refractivity contribution is -0.123. The van der Waals surface area contributed by atoms with Crippen LogP contribution in [0.5, 0.6) is 0 Å². The summed E-state index contributed by atoms with van der Waals surface area (Å²) in [5, 5.41) is 0.597. The number of Topliss-reactive ketones (excluding diaryl/α,β-unsaturated/α-hetero) is 1. The molecule has 0 aromatic rings. The van der Waals surface area contributed by atoms with Crippen molar-refractivity contribution in [2.45, 2.75) is 32.2 Å². The Morgan fingerprint density at radius 1 is 1.57 bits per heavy atom. The van der Waals surface area contributed by atoms with Crippen LogP contribution in [0.4, 0.5) is 0 Å². The summed E-state index contributed by atoms with van der Waals surface area (Å²) in [5.41, 5.74) is 1.37. The van der Waals surface area contributed by atoms with E-state index in [1.54, 1.807) is 6.92 Å². The van der Waals surface area contributed by atoms with Crippen molar-refractivity contribution < 1.29 is 4.79 Å². The Balaban J connectivity index is 2.58. The second-order valence-electron chi connectivity index (χ2n) is 3.65. The van der Waals surface area contributed by atoms with Gasteiger partial charge >= 0.3 is 0 Å². The largest absolute Gasteiger partial charge is 0.298 e. The average molecular weight is 236 g/mol. The number of hydrogen-bond acceptors (Lipinski definition) is 2. The molecule has 0 amide bonds. The highest BCUT2D eigenvalue weighted by molar-refractivity contribution is 6.36. The summed E-state index contributed by atoms with van der Waals surface area (Å²) in [6.07, 6.45) is 3.21. The Morgan fingerprint density at radius 3 is 2.86 bits per heavy atom. The van der Waals surface area contributed by atoms with Gasteiger partial charge in [-0.15, -0.1) is 0 Å². The number of carbonyl (C=O) groups is 1. The molecule has 0 spiro atoms. The Bertz CT molecular complexity index is 240. The van der Waals surface area contributed by atoms with E-state index in [-0.39, 0.29) is 11.8 Å². The number of carbonyl (C=O) groups excluding carboxylic acids is 1. The molecule has 4 heteroatoms. The van der Waals surface area contributed by atoms with Crippen LogP contribution in [-0.4, -0.2) is 29.8 Å². The molecule has 14 heavy (non-hydrogen) atoms. The van der Waals surface area contributed by atoms with Gasteiger partial charge in [0.2, 0.25) is 0 Å². The molecule has 1 fully saturated rings. The van der Waals surface area contributed by atoms with Crippen molar-refractivity contribution in [3.8, 4) is 0 Å². The molecule has 0 aromatic carbocycles. The zero-order chi connectivity index (χ0) is 10.6. The molecule has 1 heterocycles. The normalized spacial score (nSPS) is 25.1. The first-order valence-corrected chi connectivity index (χ1v) is 5.66. The first-order chi connectivity index (χ1) is 6.65. The number of hydrogen-bond donors (Lipinski definition) is 0. The topological polar surface area (TPSA) is 20.3 Å². The maximum absolute atomic E-state index is 11.3. The van der Waals surface area contributed by atoms with Crippen LogP contribution in [0.1, 0.15) is 26.2 Å². The summed E-state index contributed by atoms with van der Waals surface area (Å²) >= 11 is 11.3. The third kappa shape index (κ3) is 3.26. The van der Waals surface area contributed by atoms with Gasteiger partial charge in [-0.05, 0) is 26.3 Å². The first-order valence-electron chi connectivity index (χ1n) is 4.84. The standard InChI is InChI=1S/C10H15Cl2NO/c1-8(14)10-4-2-3-5-13(10)7-9(12)6-11/h6,10H,2-5,7H2,1H3. The van der Waals surface area contributed by atoms with Gasteiger partial charge in [0.05, 0.1) is 6.04 Å². The fraction of sp³-hybridized carbons (Fsp3) is 0.700. The van der Waals surface area contributed by atoms with Crippen molar-refractivity contribution in [1.29, 1.82) is 0 Å². The van der Waals surface area contributed by atoms with Gasteiger partial charge in [-0.2, -0.15) is 0 Å². The van der Waals surface area contributed by atoms with Gasteiger partial charge in [-0.25, -0.2) is 0 Å². The quantitative estimate of drug-likeness (QED) is 0.750. The van der Waals surface area contributed by atoms with E-state index in [2.05, 4.69) is 4.90 Å². The molecule has 1 aliphatic rings. The second-order valence-corrected chi connectivity index (χ2v) is 4.35. The zero-order valence-electron chi connectivity index (χ0n) is 8.30. The molecule has 0 bridgehead atoms. The fourth-order valence-electron chi connectivity index (χ4n) is 1.87. The number of rotatable bonds is 3. The summed E-state index contributed by atoms with van der Waals surface area (Å²) in [4.78, 5) is 13.4. The van der Waals surface area contributed by atoms with E-state index in [1.165, 1.54) is 5.54 Å². The molecule has 2 nitrogen and oxygen atoms in total. The van der Waals surface area contributed by atoms with Crippen LogP contribution in [0, 0.1) is 0 Å². The van der Waals surface area contributed by atoms with Crippen LogP contribution in [0.25, 0.3) is 0 Å². The van der Waals surface area contributed by atoms with Crippen LogP contribution in [-0.2, 0) is 4.79 Å². The van der Waals surface area contributed by atoms with Crippen molar-refractivity contribution in [1.82, 2.24) is 4.90 Å². The molecule has 0 aromatic heterocycles. The van der Waals surface area contributed by atoms with Crippen molar-refractivity contribution >= 4 is 29.0 Å². The van der Waals surface area contributed by atoms with E-state index in [4.69, 9.17) is 23.2 Å². The van der Waals surface area contributed by atoms with Crippen LogP contribution >= 0.6 is 23.2 Å². The lowest BCUT2D eigenvalue weighted by Gasteiger charge is -2.33. The van der Waals surface area contributed by atoms with E-state index in [9.17, 15) is 4.79 Å². The molecule has 0 aliphatic carbocycles. The SMILES string of the molecule is CC(=O)C1CCCCN1CC(Cl)=CCl. The molecule has 1 aliphatic heterocycles. The van der Waals surface area contributed by atoms with Crippen LogP contribution < -0.4 is 0 Å². The lowest BCUT2D eigenvalue weighted by Crippen LogP contribution is -2.44. The van der Waals surface area contributed by atoms with E-state index >= 15 is 0 Å². The molecule has 1 rings (SSSR count). The molecule has 1 saturated heterocycles. The highest BCUT2D eigenvalue weighted by atomic mass is 35.5.